The first-order valence-corrected chi connectivity index (χ1v) is 7.59. The van der Waals surface area contributed by atoms with Gasteiger partial charge in [-0.25, -0.2) is 0 Å². The average Bonchev–Trinajstić information content (AvgIpc) is 2.88. The maximum Gasteiger partial charge on any atom is 0.258 e. The Bertz CT molecular complexity index is 702. The molecule has 1 amide bonds. The van der Waals surface area contributed by atoms with Crippen LogP contribution in [0.2, 0.25) is 0 Å². The van der Waals surface area contributed by atoms with Gasteiger partial charge in [0.2, 0.25) is 0 Å². The summed E-state index contributed by atoms with van der Waals surface area (Å²) in [6, 6.07) is 8.01. The van der Waals surface area contributed by atoms with Crippen LogP contribution in [0.3, 0.4) is 0 Å². The van der Waals surface area contributed by atoms with Gasteiger partial charge in [0.1, 0.15) is 0 Å². The van der Waals surface area contributed by atoms with Gasteiger partial charge in [-0.3, -0.25) is 4.79 Å². The molecule has 0 spiro atoms. The summed E-state index contributed by atoms with van der Waals surface area (Å²) in [5.41, 5.74) is 3.93. The Labute approximate surface area is 124 Å². The highest BCUT2D eigenvalue weighted by molar-refractivity contribution is 9.10. The van der Waals surface area contributed by atoms with Crippen molar-refractivity contribution in [3.05, 3.63) is 50.1 Å². The molecule has 3 rings (SSSR count). The van der Waals surface area contributed by atoms with Crippen LogP contribution in [0, 0.1) is 6.92 Å². The molecule has 0 atom stereocenters. The van der Waals surface area contributed by atoms with Crippen LogP contribution in [0.4, 0.5) is 5.69 Å². The van der Waals surface area contributed by atoms with E-state index in [0.717, 1.165) is 26.2 Å². The number of amides is 1. The number of halogens is 1. The lowest BCUT2D eigenvalue weighted by molar-refractivity contribution is -0.112. The Morgan fingerprint density at radius 2 is 2.11 bits per heavy atom. The van der Waals surface area contributed by atoms with Gasteiger partial charge in [0.15, 0.2) is 0 Å². The van der Waals surface area contributed by atoms with E-state index in [1.54, 1.807) is 16.2 Å². The van der Waals surface area contributed by atoms with Crippen molar-refractivity contribution in [3.63, 3.8) is 0 Å². The van der Waals surface area contributed by atoms with E-state index >= 15 is 0 Å². The van der Waals surface area contributed by atoms with Crippen molar-refractivity contribution in [1.82, 2.24) is 0 Å². The summed E-state index contributed by atoms with van der Waals surface area (Å²) in [5.74, 6) is 0.0564. The molecule has 2 nitrogen and oxygen atoms in total. The molecule has 1 aliphatic heterocycles. The average molecular weight is 334 g/mol. The third kappa shape index (κ3) is 2.05. The number of anilines is 1. The van der Waals surface area contributed by atoms with Crippen LogP contribution in [-0.2, 0) is 4.79 Å². The van der Waals surface area contributed by atoms with E-state index in [9.17, 15) is 4.79 Å². The van der Waals surface area contributed by atoms with Crippen LogP contribution in [0.5, 0.6) is 0 Å². The zero-order chi connectivity index (χ0) is 13.6. The van der Waals surface area contributed by atoms with Crippen LogP contribution in [0.25, 0.3) is 11.6 Å². The van der Waals surface area contributed by atoms with Gasteiger partial charge in [-0.1, -0.05) is 15.9 Å². The zero-order valence-electron chi connectivity index (χ0n) is 10.6. The molecule has 1 aromatic carbocycles. The molecule has 4 heteroatoms. The number of carbonyl (C=O) groups excluding carboxylic acids is 1. The molecule has 96 valence electrons. The fourth-order valence-corrected chi connectivity index (χ4v) is 3.44. The number of carbonyl (C=O) groups is 1. The minimum absolute atomic E-state index is 0.0564. The Kier molecular flexibility index (Phi) is 3.07. The largest absolute Gasteiger partial charge is 0.311 e. The second-order valence-corrected chi connectivity index (χ2v) is 6.41. The van der Waals surface area contributed by atoms with Crippen molar-refractivity contribution in [2.24, 2.45) is 0 Å². The highest BCUT2D eigenvalue weighted by atomic mass is 79.9. The van der Waals surface area contributed by atoms with Crippen LogP contribution < -0.4 is 4.90 Å². The summed E-state index contributed by atoms with van der Waals surface area (Å²) in [7, 11) is 1.82. The van der Waals surface area contributed by atoms with Gasteiger partial charge >= 0.3 is 0 Å². The summed E-state index contributed by atoms with van der Waals surface area (Å²) < 4.78 is 0.989. The number of benzene rings is 1. The molecule has 1 aliphatic rings. The van der Waals surface area contributed by atoms with Gasteiger partial charge in [-0.05, 0) is 48.2 Å². The number of thiophene rings is 1. The summed E-state index contributed by atoms with van der Waals surface area (Å²) in [4.78, 5) is 15.2. The molecule has 0 unspecified atom stereocenters. The standard InChI is InChI=1S/C15H12BrNOS/c1-9-5-6-19-14(9)8-12-11-7-10(16)3-4-13(11)17(2)15(12)18/h3-8H,1-2H3/b12-8-. The fraction of sp³-hybridized carbons (Fsp3) is 0.133. The van der Waals surface area contributed by atoms with Gasteiger partial charge in [0.25, 0.3) is 5.91 Å². The van der Waals surface area contributed by atoms with E-state index in [2.05, 4.69) is 28.9 Å². The van der Waals surface area contributed by atoms with Crippen LogP contribution in [-0.4, -0.2) is 13.0 Å². The van der Waals surface area contributed by atoms with E-state index in [-0.39, 0.29) is 5.91 Å². The highest BCUT2D eigenvalue weighted by Crippen LogP contribution is 2.39. The molecule has 0 fully saturated rings. The summed E-state index contributed by atoms with van der Waals surface area (Å²) in [6.45, 7) is 2.06. The van der Waals surface area contributed by atoms with Gasteiger partial charge in [-0.15, -0.1) is 11.3 Å². The SMILES string of the molecule is Cc1ccsc1/C=C1\C(=O)N(C)c2ccc(Br)cc21. The van der Waals surface area contributed by atoms with E-state index < -0.39 is 0 Å². The van der Waals surface area contributed by atoms with Crippen molar-refractivity contribution in [1.29, 1.82) is 0 Å². The van der Waals surface area contributed by atoms with Crippen molar-refractivity contribution < 1.29 is 4.79 Å². The lowest BCUT2D eigenvalue weighted by Crippen LogP contribution is -2.20. The van der Waals surface area contributed by atoms with E-state index in [1.807, 2.05) is 36.7 Å². The van der Waals surface area contributed by atoms with Crippen molar-refractivity contribution in [3.8, 4) is 0 Å². The molecule has 1 aromatic heterocycles. The molecule has 0 N–H and O–H groups in total. The number of fused-ring (bicyclic) bond motifs is 1. The Morgan fingerprint density at radius 3 is 2.79 bits per heavy atom. The molecule has 0 saturated carbocycles. The Morgan fingerprint density at radius 1 is 1.32 bits per heavy atom. The molecule has 0 aliphatic carbocycles. The maximum absolute atomic E-state index is 12.4. The van der Waals surface area contributed by atoms with Gasteiger partial charge in [0.05, 0.1) is 11.3 Å². The number of nitrogens with zero attached hydrogens (tertiary/aromatic N) is 1. The predicted molar refractivity (Wildman–Crippen MR) is 84.5 cm³/mol. The quantitative estimate of drug-likeness (QED) is 0.711. The molecule has 0 radical (unpaired) electrons. The Hall–Kier alpha value is -1.39. The molecule has 2 heterocycles. The second kappa shape index (κ2) is 4.62. The minimum Gasteiger partial charge on any atom is -0.311 e. The molecular formula is C15H12BrNOS. The minimum atomic E-state index is 0.0564. The van der Waals surface area contributed by atoms with Gasteiger partial charge in [-0.2, -0.15) is 0 Å². The van der Waals surface area contributed by atoms with E-state index in [0.29, 0.717) is 0 Å². The number of hydrogen-bond donors (Lipinski definition) is 0. The normalized spacial score (nSPS) is 16.3. The number of likely N-dealkylation sites (N-methyl/N-ethyl adjacent to an activating group) is 1. The third-order valence-electron chi connectivity index (χ3n) is 3.32. The maximum atomic E-state index is 12.4. The summed E-state index contributed by atoms with van der Waals surface area (Å²) in [5, 5.41) is 2.05. The summed E-state index contributed by atoms with van der Waals surface area (Å²) in [6.07, 6.45) is 2.00. The van der Waals surface area contributed by atoms with Crippen molar-refractivity contribution in [2.45, 2.75) is 6.92 Å². The van der Waals surface area contributed by atoms with Gasteiger partial charge < -0.3 is 4.90 Å². The number of hydrogen-bond acceptors (Lipinski definition) is 2. The number of rotatable bonds is 1. The van der Waals surface area contributed by atoms with E-state index in [1.165, 1.54) is 5.56 Å². The topological polar surface area (TPSA) is 20.3 Å². The lowest BCUT2D eigenvalue weighted by Gasteiger charge is -2.08. The third-order valence-corrected chi connectivity index (χ3v) is 4.78. The monoisotopic (exact) mass is 333 g/mol. The first-order valence-electron chi connectivity index (χ1n) is 5.91. The smallest absolute Gasteiger partial charge is 0.258 e. The molecule has 19 heavy (non-hydrogen) atoms. The van der Waals surface area contributed by atoms with Crippen LogP contribution in [0.15, 0.2) is 34.1 Å². The fourth-order valence-electron chi connectivity index (χ4n) is 2.22. The highest BCUT2D eigenvalue weighted by Gasteiger charge is 2.29. The first kappa shape index (κ1) is 12.6. The number of aryl methyl sites for hydroxylation is 1. The Balaban J connectivity index is 2.18. The molecule has 2 aromatic rings. The van der Waals surface area contributed by atoms with Crippen molar-refractivity contribution >= 4 is 50.5 Å². The first-order chi connectivity index (χ1) is 9.08. The van der Waals surface area contributed by atoms with Crippen molar-refractivity contribution in [2.75, 3.05) is 11.9 Å². The van der Waals surface area contributed by atoms with Gasteiger partial charge in [0, 0.05) is 22.0 Å². The molecular weight excluding hydrogens is 322 g/mol. The lowest BCUT2D eigenvalue weighted by atomic mass is 10.1. The summed E-state index contributed by atoms with van der Waals surface area (Å²) >= 11 is 5.13. The predicted octanol–water partition coefficient (Wildman–Crippen LogP) is 4.34. The van der Waals surface area contributed by atoms with Crippen LogP contribution >= 0.6 is 27.3 Å². The van der Waals surface area contributed by atoms with E-state index in [4.69, 9.17) is 0 Å². The van der Waals surface area contributed by atoms with Crippen LogP contribution in [0.1, 0.15) is 16.0 Å². The molecule has 0 saturated heterocycles. The zero-order valence-corrected chi connectivity index (χ0v) is 13.0. The molecule has 0 bridgehead atoms. The second-order valence-electron chi connectivity index (χ2n) is 4.55.